The third-order valence-corrected chi connectivity index (χ3v) is 14.1. The SMILES string of the molecule is CC(C)N1CCN(CCC2OC(O)/C(O)=C(\O)C(CCO)OC(O)/C(O)=C(\O)C(CCO)OC3OC(CO)C(OC(O)/C(O)=C(\O)C(CCO)OC4OC(CO)C(OC(O)/C(O)=C(\O)C(CCO)OC(O)/C(O)=C/2O)C(O)C4O)C(O)C3O)CC1. The smallest absolute Gasteiger partial charge is 0.218 e. The molecule has 0 aromatic heterocycles. The van der Waals surface area contributed by atoms with Gasteiger partial charge in [-0.15, -0.1) is 0 Å². The van der Waals surface area contributed by atoms with Gasteiger partial charge < -0.3 is 175 Å². The Morgan fingerprint density at radius 3 is 0.882 bits per heavy atom. The van der Waals surface area contributed by atoms with E-state index < -0.39 is 253 Å². The summed E-state index contributed by atoms with van der Waals surface area (Å²) in [5, 5.41) is 270. The lowest BCUT2D eigenvalue weighted by Crippen LogP contribution is -2.61. The second-order valence-electron chi connectivity index (χ2n) is 20.2. The lowest BCUT2D eigenvalue weighted by atomic mass is 9.98. The standard InChI is InChI=1S/C49H84N2O34/c1-19(2)51-11-9-50(10-12-51)8-3-20-27(58)34(65)44(73)79-22(5-14-53)29(60)37(68)46(75)84-41-25(17-56)83-49(40(71)32(41)63)81-24(7-16-55)31(62)38(69)47(76)85-42-26(18-57)82-48(39(70)33(42)64)80-23(6-15-54)30(61)36(67)45(74)78-21(4-13-52)28(59)35(66)43(72)77-20/h19-26,32-33,39-49,52-76H,3-18H2,1-2H3/b34-27+,35-28+,36-30+,37-29+,38-31+. The van der Waals surface area contributed by atoms with Crippen molar-refractivity contribution in [2.45, 2.75) is 175 Å². The van der Waals surface area contributed by atoms with Crippen molar-refractivity contribution in [1.82, 2.24) is 9.80 Å². The number of hydrogen-bond donors (Lipinski definition) is 25. The zero-order valence-corrected chi connectivity index (χ0v) is 46.2. The van der Waals surface area contributed by atoms with Gasteiger partial charge >= 0.3 is 0 Å². The quantitative estimate of drug-likeness (QED) is 0.0769. The predicted molar refractivity (Wildman–Crippen MR) is 276 cm³/mol. The summed E-state index contributed by atoms with van der Waals surface area (Å²) in [6, 6.07) is 0.176. The van der Waals surface area contributed by atoms with Crippen LogP contribution < -0.4 is 0 Å². The van der Waals surface area contributed by atoms with Gasteiger partial charge in [0.05, 0.1) is 13.2 Å². The van der Waals surface area contributed by atoms with E-state index in [0.717, 1.165) is 0 Å². The van der Waals surface area contributed by atoms with Gasteiger partial charge in [-0.3, -0.25) is 4.90 Å². The maximum absolute atomic E-state index is 11.4. The first kappa shape index (κ1) is 73.1. The zero-order chi connectivity index (χ0) is 63.7. The Morgan fingerprint density at radius 2 is 0.612 bits per heavy atom. The zero-order valence-electron chi connectivity index (χ0n) is 46.2. The average Bonchev–Trinajstić information content (AvgIpc) is 2.62. The molecule has 6 aliphatic heterocycles. The Bertz CT molecular complexity index is 2190. The average molecular weight is 1250 g/mol. The normalized spacial score (nSPS) is 41.7. The number of aliphatic hydroxyl groups is 25. The molecular formula is C49H84N2O34. The van der Waals surface area contributed by atoms with Crippen LogP contribution in [0.4, 0.5) is 0 Å². The molecule has 0 aliphatic carbocycles. The molecular weight excluding hydrogens is 1160 g/mol. The molecule has 85 heavy (non-hydrogen) atoms. The van der Waals surface area contributed by atoms with Crippen LogP contribution in [0.25, 0.3) is 0 Å². The molecule has 20 unspecified atom stereocenters. The van der Waals surface area contributed by atoms with Crippen LogP contribution in [0.5, 0.6) is 0 Å². The van der Waals surface area contributed by atoms with Crippen LogP contribution >= 0.6 is 0 Å². The summed E-state index contributed by atoms with van der Waals surface area (Å²) in [6.07, 6.45) is -49.5. The molecule has 6 rings (SSSR count). The van der Waals surface area contributed by atoms with E-state index in [9.17, 15) is 128 Å². The lowest BCUT2D eigenvalue weighted by Gasteiger charge is -2.43. The number of aliphatic hydroxyl groups excluding tert-OH is 25. The summed E-state index contributed by atoms with van der Waals surface area (Å²) in [4.78, 5) is 4.01. The van der Waals surface area contributed by atoms with E-state index in [1.54, 1.807) is 0 Å². The minimum Gasteiger partial charge on any atom is -0.506 e. The number of nitrogens with zero attached hydrogens (tertiary/aromatic N) is 2. The summed E-state index contributed by atoms with van der Waals surface area (Å²) < 4.78 is 48.3. The van der Waals surface area contributed by atoms with Gasteiger partial charge in [-0.2, -0.15) is 0 Å². The third kappa shape index (κ3) is 19.1. The van der Waals surface area contributed by atoms with E-state index in [1.807, 2.05) is 18.7 Å². The molecule has 494 valence electrons. The topological polar surface area (TPSA) is 595 Å². The van der Waals surface area contributed by atoms with Crippen LogP contribution in [0.15, 0.2) is 57.6 Å². The highest BCUT2D eigenvalue weighted by molar-refractivity contribution is 5.14. The van der Waals surface area contributed by atoms with Crippen LogP contribution in [0.2, 0.25) is 0 Å². The van der Waals surface area contributed by atoms with Gasteiger partial charge in [0.2, 0.25) is 31.5 Å². The molecule has 36 nitrogen and oxygen atoms in total. The molecule has 0 amide bonds. The van der Waals surface area contributed by atoms with Gasteiger partial charge in [0, 0.05) is 90.9 Å². The largest absolute Gasteiger partial charge is 0.506 e. The highest BCUT2D eigenvalue weighted by Crippen LogP contribution is 2.33. The molecule has 0 spiro atoms. The number of fused-ring (bicyclic) bond motifs is 2. The third-order valence-electron chi connectivity index (χ3n) is 14.1. The Kier molecular flexibility index (Phi) is 29.6. The van der Waals surface area contributed by atoms with Gasteiger partial charge in [-0.1, -0.05) is 0 Å². The maximum atomic E-state index is 11.4. The molecule has 0 saturated carbocycles. The number of hydrogen-bond acceptors (Lipinski definition) is 36. The number of rotatable bonds is 14. The summed E-state index contributed by atoms with van der Waals surface area (Å²) >= 11 is 0. The second-order valence-corrected chi connectivity index (χ2v) is 20.2. The molecule has 3 saturated heterocycles. The van der Waals surface area contributed by atoms with Crippen LogP contribution in [0.1, 0.15) is 46.0 Å². The van der Waals surface area contributed by atoms with E-state index in [2.05, 4.69) is 4.90 Å². The highest BCUT2D eigenvalue weighted by Gasteiger charge is 2.50. The molecule has 0 aromatic carbocycles. The van der Waals surface area contributed by atoms with Crippen molar-refractivity contribution in [2.75, 3.05) is 72.4 Å². The van der Waals surface area contributed by atoms with Crippen LogP contribution in [0, 0.1) is 0 Å². The molecule has 4 bridgehead atoms. The Hall–Kier alpha value is -4.34. The first-order valence-corrected chi connectivity index (χ1v) is 26.9. The summed E-state index contributed by atoms with van der Waals surface area (Å²) in [7, 11) is 0. The number of ether oxygens (including phenoxy) is 9. The summed E-state index contributed by atoms with van der Waals surface area (Å²) in [6.45, 7) is -0.0709. The second kappa shape index (κ2) is 34.4. The molecule has 36 heteroatoms. The van der Waals surface area contributed by atoms with E-state index in [1.165, 1.54) is 0 Å². The van der Waals surface area contributed by atoms with Crippen LogP contribution in [-0.2, 0) is 42.6 Å². The van der Waals surface area contributed by atoms with Crippen molar-refractivity contribution < 1.29 is 170 Å². The highest BCUT2D eigenvalue weighted by atomic mass is 16.7. The fourth-order valence-corrected chi connectivity index (χ4v) is 9.15. The van der Waals surface area contributed by atoms with Gasteiger partial charge in [0.15, 0.2) is 70.2 Å². The van der Waals surface area contributed by atoms with Crippen molar-refractivity contribution in [1.29, 1.82) is 0 Å². The van der Waals surface area contributed by atoms with Crippen molar-refractivity contribution in [3.63, 3.8) is 0 Å². The first-order chi connectivity index (χ1) is 40.1. The molecule has 20 atom stereocenters. The Balaban J connectivity index is 1.84. The van der Waals surface area contributed by atoms with E-state index in [0.29, 0.717) is 26.2 Å². The fraction of sp³-hybridized carbons (Fsp3) is 0.796. The molecule has 0 radical (unpaired) electrons. The van der Waals surface area contributed by atoms with E-state index >= 15 is 0 Å². The molecule has 0 aromatic rings. The van der Waals surface area contributed by atoms with Crippen molar-refractivity contribution in [3.8, 4) is 0 Å². The minimum atomic E-state index is -2.79. The number of piperazine rings is 1. The van der Waals surface area contributed by atoms with Gasteiger partial charge in [-0.25, -0.2) is 0 Å². The van der Waals surface area contributed by atoms with Crippen LogP contribution in [0.3, 0.4) is 0 Å². The Morgan fingerprint density at radius 1 is 0.341 bits per heavy atom. The maximum Gasteiger partial charge on any atom is 0.218 e. The van der Waals surface area contributed by atoms with Gasteiger partial charge in [0.1, 0.15) is 79.4 Å². The van der Waals surface area contributed by atoms with Crippen LogP contribution in [-0.4, -0.2) is 339 Å². The van der Waals surface area contributed by atoms with Crippen molar-refractivity contribution in [3.05, 3.63) is 57.6 Å². The first-order valence-electron chi connectivity index (χ1n) is 26.9. The van der Waals surface area contributed by atoms with E-state index in [-0.39, 0.29) is 12.6 Å². The lowest BCUT2D eigenvalue weighted by molar-refractivity contribution is -0.331. The summed E-state index contributed by atoms with van der Waals surface area (Å²) in [5.41, 5.74) is 0. The van der Waals surface area contributed by atoms with Gasteiger partial charge in [-0.05, 0) is 20.3 Å². The Labute approximate surface area is 484 Å². The monoisotopic (exact) mass is 1240 g/mol. The van der Waals surface area contributed by atoms with E-state index in [4.69, 9.17) is 42.6 Å². The van der Waals surface area contributed by atoms with Crippen molar-refractivity contribution in [2.24, 2.45) is 0 Å². The molecule has 6 aliphatic rings. The molecule has 6 heterocycles. The fourth-order valence-electron chi connectivity index (χ4n) is 9.15. The van der Waals surface area contributed by atoms with Crippen molar-refractivity contribution >= 4 is 0 Å². The van der Waals surface area contributed by atoms with Gasteiger partial charge in [0.25, 0.3) is 0 Å². The summed E-state index contributed by atoms with van der Waals surface area (Å²) in [5.74, 6) is -15.0. The molecule has 25 N–H and O–H groups in total. The predicted octanol–water partition coefficient (Wildman–Crippen LogP) is -6.25. The molecule has 3 fully saturated rings. The minimum absolute atomic E-state index is 0.0131.